The maximum atomic E-state index is 12.4. The lowest BCUT2D eigenvalue weighted by Crippen LogP contribution is -2.25. The fraction of sp³-hybridized carbons (Fsp3) is 0.310. The summed E-state index contributed by atoms with van der Waals surface area (Å²) in [7, 11) is 0. The molecule has 0 saturated carbocycles. The minimum atomic E-state index is 0.0118. The molecule has 1 amide bonds. The fourth-order valence-electron chi connectivity index (χ4n) is 4.29. The Balaban J connectivity index is 1.26. The van der Waals surface area contributed by atoms with Gasteiger partial charge in [-0.05, 0) is 62.6 Å². The molecule has 1 N–H and O–H groups in total. The Bertz CT molecular complexity index is 1230. The third-order valence-corrected chi connectivity index (χ3v) is 6.05. The smallest absolute Gasteiger partial charge is 0.251 e. The summed E-state index contributed by atoms with van der Waals surface area (Å²) in [6.07, 6.45) is 3.93. The largest absolute Gasteiger partial charge is 0.492 e. The van der Waals surface area contributed by atoms with E-state index in [0.717, 1.165) is 66.0 Å². The maximum Gasteiger partial charge on any atom is 0.251 e. The summed E-state index contributed by atoms with van der Waals surface area (Å²) in [4.78, 5) is 17.3. The lowest BCUT2D eigenvalue weighted by atomic mass is 10.1. The number of benzene rings is 3. The van der Waals surface area contributed by atoms with E-state index in [0.29, 0.717) is 13.2 Å². The summed E-state index contributed by atoms with van der Waals surface area (Å²) in [5, 5.41) is 3.06. The van der Waals surface area contributed by atoms with E-state index in [1.807, 2.05) is 68.4 Å². The van der Waals surface area contributed by atoms with Gasteiger partial charge in [-0.1, -0.05) is 54.4 Å². The minimum absolute atomic E-state index is 0.0118. The van der Waals surface area contributed by atoms with Gasteiger partial charge >= 0.3 is 0 Å². The minimum Gasteiger partial charge on any atom is -0.492 e. The predicted octanol–water partition coefficient (Wildman–Crippen LogP) is 5.87. The third-order valence-electron chi connectivity index (χ3n) is 6.05. The number of amides is 1. The summed E-state index contributed by atoms with van der Waals surface area (Å²) in [6, 6.07) is 24.1. The maximum absolute atomic E-state index is 12.4. The number of carbonyl (C=O) groups is 1. The van der Waals surface area contributed by atoms with Crippen LogP contribution in [0.5, 0.6) is 5.75 Å². The van der Waals surface area contributed by atoms with Crippen molar-refractivity contribution in [3.63, 3.8) is 0 Å². The van der Waals surface area contributed by atoms with Crippen LogP contribution in [0.25, 0.3) is 11.0 Å². The molecule has 0 atom stereocenters. The Hall–Kier alpha value is -3.60. The monoisotopic (exact) mass is 455 g/mol. The molecule has 0 fully saturated rings. The molecular formula is C29H33N3O2. The van der Waals surface area contributed by atoms with Gasteiger partial charge in [0.05, 0.1) is 17.6 Å². The summed E-state index contributed by atoms with van der Waals surface area (Å²) in [6.45, 7) is 6.07. The predicted molar refractivity (Wildman–Crippen MR) is 137 cm³/mol. The molecule has 5 nitrogen and oxygen atoms in total. The molecule has 5 heteroatoms. The molecule has 0 unspecified atom stereocenters. The Morgan fingerprint density at radius 1 is 0.941 bits per heavy atom. The quantitative estimate of drug-likeness (QED) is 0.288. The van der Waals surface area contributed by atoms with Crippen LogP contribution in [0.4, 0.5) is 0 Å². The topological polar surface area (TPSA) is 56.2 Å². The van der Waals surface area contributed by atoms with Gasteiger partial charge in [0.2, 0.25) is 0 Å². The molecule has 1 aromatic heterocycles. The van der Waals surface area contributed by atoms with Crippen molar-refractivity contribution in [3.05, 3.63) is 95.3 Å². The van der Waals surface area contributed by atoms with Crippen LogP contribution in [-0.4, -0.2) is 28.6 Å². The van der Waals surface area contributed by atoms with E-state index in [-0.39, 0.29) is 5.91 Å². The second-order valence-electron chi connectivity index (χ2n) is 8.71. The summed E-state index contributed by atoms with van der Waals surface area (Å²) >= 11 is 0. The van der Waals surface area contributed by atoms with Crippen molar-refractivity contribution in [2.45, 2.75) is 46.1 Å². The van der Waals surface area contributed by atoms with Crippen LogP contribution in [-0.2, 0) is 13.0 Å². The number of nitrogens with one attached hydrogen (secondary N) is 1. The van der Waals surface area contributed by atoms with Gasteiger partial charge < -0.3 is 14.6 Å². The molecule has 0 spiro atoms. The van der Waals surface area contributed by atoms with Crippen LogP contribution in [0.2, 0.25) is 0 Å². The highest BCUT2D eigenvalue weighted by atomic mass is 16.5. The number of nitrogens with zero attached hydrogens (tertiary/aromatic N) is 2. The van der Waals surface area contributed by atoms with Crippen molar-refractivity contribution < 1.29 is 9.53 Å². The van der Waals surface area contributed by atoms with Gasteiger partial charge in [0, 0.05) is 18.5 Å². The van der Waals surface area contributed by atoms with Crippen molar-refractivity contribution >= 4 is 16.9 Å². The van der Waals surface area contributed by atoms with Crippen LogP contribution >= 0.6 is 0 Å². The zero-order chi connectivity index (χ0) is 23.8. The number of hydrogen-bond acceptors (Lipinski definition) is 3. The number of unbranched alkanes of at least 4 members (excludes halogenated alkanes) is 2. The van der Waals surface area contributed by atoms with E-state index >= 15 is 0 Å². The van der Waals surface area contributed by atoms with Crippen LogP contribution < -0.4 is 10.1 Å². The zero-order valence-corrected chi connectivity index (χ0v) is 20.1. The van der Waals surface area contributed by atoms with Crippen molar-refractivity contribution in [1.82, 2.24) is 14.9 Å². The third kappa shape index (κ3) is 6.04. The highest BCUT2D eigenvalue weighted by Gasteiger charge is 2.11. The number of carbonyl (C=O) groups excluding carboxylic acids is 1. The molecule has 0 aliphatic rings. The molecule has 0 radical (unpaired) electrons. The van der Waals surface area contributed by atoms with E-state index < -0.39 is 0 Å². The Morgan fingerprint density at radius 2 is 1.74 bits per heavy atom. The van der Waals surface area contributed by atoms with Crippen LogP contribution in [0, 0.1) is 13.8 Å². The van der Waals surface area contributed by atoms with E-state index in [1.54, 1.807) is 0 Å². The number of hydrogen-bond donors (Lipinski definition) is 1. The van der Waals surface area contributed by atoms with Gasteiger partial charge in [-0.15, -0.1) is 0 Å². The summed E-state index contributed by atoms with van der Waals surface area (Å²) in [5.74, 6) is 1.99. The van der Waals surface area contributed by atoms with Crippen molar-refractivity contribution in [3.8, 4) is 5.75 Å². The molecule has 0 bridgehead atoms. The summed E-state index contributed by atoms with van der Waals surface area (Å²) < 4.78 is 8.20. The number of aromatic nitrogens is 2. The van der Waals surface area contributed by atoms with Crippen molar-refractivity contribution in [1.29, 1.82) is 0 Å². The average Bonchev–Trinajstić information content (AvgIpc) is 3.19. The Labute approximate surface area is 201 Å². The molecule has 4 aromatic rings. The van der Waals surface area contributed by atoms with Gasteiger partial charge in [-0.2, -0.15) is 0 Å². The van der Waals surface area contributed by atoms with Gasteiger partial charge in [-0.3, -0.25) is 4.79 Å². The molecule has 1 heterocycles. The zero-order valence-electron chi connectivity index (χ0n) is 20.1. The molecule has 176 valence electrons. The lowest BCUT2D eigenvalue weighted by molar-refractivity contribution is 0.0952. The Morgan fingerprint density at radius 3 is 2.56 bits per heavy atom. The molecule has 0 aliphatic carbocycles. The molecule has 0 saturated heterocycles. The SMILES string of the molecule is Cc1ccc(C(=O)NCCCCCc2nc3ccccc3n2CCOc2ccccc2)c(C)c1. The van der Waals surface area contributed by atoms with E-state index in [2.05, 4.69) is 28.1 Å². The molecular weight excluding hydrogens is 422 g/mol. The van der Waals surface area contributed by atoms with Crippen molar-refractivity contribution in [2.24, 2.45) is 0 Å². The Kier molecular flexibility index (Phi) is 7.97. The van der Waals surface area contributed by atoms with Gasteiger partial charge in [0.15, 0.2) is 0 Å². The number of aryl methyl sites for hydroxylation is 3. The second kappa shape index (κ2) is 11.5. The molecule has 34 heavy (non-hydrogen) atoms. The second-order valence-corrected chi connectivity index (χ2v) is 8.71. The fourth-order valence-corrected chi connectivity index (χ4v) is 4.29. The van der Waals surface area contributed by atoms with Crippen LogP contribution in [0.15, 0.2) is 72.8 Å². The highest BCUT2D eigenvalue weighted by Crippen LogP contribution is 2.18. The van der Waals surface area contributed by atoms with Crippen molar-refractivity contribution in [2.75, 3.05) is 13.2 Å². The number of ether oxygens (including phenoxy) is 1. The first kappa shape index (κ1) is 23.6. The molecule has 0 aliphatic heterocycles. The average molecular weight is 456 g/mol. The number of fused-ring (bicyclic) bond motifs is 1. The normalized spacial score (nSPS) is 11.0. The lowest BCUT2D eigenvalue weighted by Gasteiger charge is -2.11. The molecule has 4 rings (SSSR count). The van der Waals surface area contributed by atoms with Crippen LogP contribution in [0.3, 0.4) is 0 Å². The first-order chi connectivity index (χ1) is 16.6. The summed E-state index contributed by atoms with van der Waals surface area (Å²) in [5.41, 5.74) is 5.13. The standard InChI is InChI=1S/C29H33N3O2/c1-22-16-17-25(23(2)21-22)29(33)30-18-10-4-7-15-28-31-26-13-8-9-14-27(26)32(28)19-20-34-24-11-5-3-6-12-24/h3,5-6,8-9,11-14,16-17,21H,4,7,10,15,18-20H2,1-2H3,(H,30,33). The van der Waals surface area contributed by atoms with Gasteiger partial charge in [0.1, 0.15) is 18.2 Å². The van der Waals surface area contributed by atoms with E-state index in [4.69, 9.17) is 9.72 Å². The van der Waals surface area contributed by atoms with E-state index in [1.165, 1.54) is 5.56 Å². The number of imidazole rings is 1. The first-order valence-electron chi connectivity index (χ1n) is 12.1. The number of para-hydroxylation sites is 3. The number of rotatable bonds is 11. The first-order valence-corrected chi connectivity index (χ1v) is 12.1. The van der Waals surface area contributed by atoms with E-state index in [9.17, 15) is 4.79 Å². The van der Waals surface area contributed by atoms with Gasteiger partial charge in [0.25, 0.3) is 5.91 Å². The van der Waals surface area contributed by atoms with Crippen LogP contribution in [0.1, 0.15) is 46.6 Å². The molecule has 3 aromatic carbocycles. The van der Waals surface area contributed by atoms with Gasteiger partial charge in [-0.25, -0.2) is 4.98 Å². The highest BCUT2D eigenvalue weighted by molar-refractivity contribution is 5.95.